The highest BCUT2D eigenvalue weighted by atomic mass is 16.5. The summed E-state index contributed by atoms with van der Waals surface area (Å²) >= 11 is 0. The van der Waals surface area contributed by atoms with Gasteiger partial charge in [0.2, 0.25) is 0 Å². The second kappa shape index (κ2) is 7.53. The normalized spacial score (nSPS) is 19.6. The van der Waals surface area contributed by atoms with Gasteiger partial charge in [0.25, 0.3) is 0 Å². The monoisotopic (exact) mass is 215 g/mol. The lowest BCUT2D eigenvalue weighted by Gasteiger charge is -2.12. The van der Waals surface area contributed by atoms with Gasteiger partial charge in [-0.3, -0.25) is 4.99 Å². The molecule has 0 aliphatic heterocycles. The summed E-state index contributed by atoms with van der Waals surface area (Å²) in [6.45, 7) is 0. The van der Waals surface area contributed by atoms with Crippen molar-refractivity contribution >= 4 is 6.21 Å². The zero-order valence-electron chi connectivity index (χ0n) is 9.81. The molecule has 0 aromatic carbocycles. The molecule has 0 radical (unpaired) electrons. The molecule has 1 aliphatic rings. The predicted octanol–water partition coefficient (Wildman–Crippen LogP) is 2.74. The number of allylic oxidation sites excluding steroid dienone is 6. The molecule has 1 atom stereocenters. The van der Waals surface area contributed by atoms with Crippen molar-refractivity contribution in [3.8, 4) is 12.0 Å². The molecule has 0 aromatic heterocycles. The van der Waals surface area contributed by atoms with Gasteiger partial charge in [0.1, 0.15) is 6.11 Å². The van der Waals surface area contributed by atoms with Gasteiger partial charge < -0.3 is 4.74 Å². The summed E-state index contributed by atoms with van der Waals surface area (Å²) in [6.07, 6.45) is 16.9. The molecule has 2 nitrogen and oxygen atoms in total. The van der Waals surface area contributed by atoms with E-state index in [-0.39, 0.29) is 0 Å². The van der Waals surface area contributed by atoms with Crippen LogP contribution in [-0.4, -0.2) is 20.4 Å². The summed E-state index contributed by atoms with van der Waals surface area (Å²) in [4.78, 5) is 3.89. The first kappa shape index (κ1) is 12.3. The Hall–Kier alpha value is -1.75. The lowest BCUT2D eigenvalue weighted by molar-refractivity contribution is 0.372. The average Bonchev–Trinajstić information content (AvgIpc) is 2.33. The summed E-state index contributed by atoms with van der Waals surface area (Å²) in [5.41, 5.74) is 1.13. The smallest absolute Gasteiger partial charge is 0.114 e. The Bertz CT molecular complexity index is 377. The van der Waals surface area contributed by atoms with Crippen molar-refractivity contribution in [3.63, 3.8) is 0 Å². The van der Waals surface area contributed by atoms with E-state index in [4.69, 9.17) is 4.74 Å². The second-order valence-corrected chi connectivity index (χ2v) is 3.54. The molecule has 16 heavy (non-hydrogen) atoms. The second-order valence-electron chi connectivity index (χ2n) is 3.54. The van der Waals surface area contributed by atoms with E-state index < -0.39 is 0 Å². The van der Waals surface area contributed by atoms with E-state index in [9.17, 15) is 0 Å². The molecule has 0 heterocycles. The van der Waals surface area contributed by atoms with Crippen molar-refractivity contribution in [2.45, 2.75) is 12.8 Å². The van der Waals surface area contributed by atoms with Crippen LogP contribution >= 0.6 is 0 Å². The Balaban J connectivity index is 2.44. The number of ether oxygens (including phenoxy) is 1. The maximum absolute atomic E-state index is 4.74. The zero-order valence-corrected chi connectivity index (χ0v) is 9.81. The van der Waals surface area contributed by atoms with Crippen LogP contribution in [0.1, 0.15) is 12.8 Å². The van der Waals surface area contributed by atoms with Crippen LogP contribution in [0, 0.1) is 17.9 Å². The molecule has 1 unspecified atom stereocenters. The van der Waals surface area contributed by atoms with E-state index in [1.54, 1.807) is 20.4 Å². The summed E-state index contributed by atoms with van der Waals surface area (Å²) in [6, 6.07) is 0. The number of hydrogen-bond acceptors (Lipinski definition) is 2. The molecule has 0 N–H and O–H groups in total. The minimum atomic E-state index is 0.535. The van der Waals surface area contributed by atoms with Crippen LogP contribution in [0.25, 0.3) is 0 Å². The number of methoxy groups -OCH3 is 1. The average molecular weight is 215 g/mol. The van der Waals surface area contributed by atoms with Gasteiger partial charge in [-0.05, 0) is 30.8 Å². The molecule has 0 bridgehead atoms. The Kier molecular flexibility index (Phi) is 5.80. The largest absolute Gasteiger partial charge is 0.450 e. The minimum absolute atomic E-state index is 0.535. The Morgan fingerprint density at radius 1 is 1.62 bits per heavy atom. The zero-order chi connectivity index (χ0) is 11.6. The van der Waals surface area contributed by atoms with E-state index in [2.05, 4.69) is 35.2 Å². The number of aliphatic imine (C=N–C) groups is 1. The van der Waals surface area contributed by atoms with Gasteiger partial charge in [0.15, 0.2) is 0 Å². The van der Waals surface area contributed by atoms with E-state index in [0.717, 1.165) is 18.4 Å². The summed E-state index contributed by atoms with van der Waals surface area (Å²) in [5, 5.41) is 0. The molecule has 84 valence electrons. The fourth-order valence-corrected chi connectivity index (χ4v) is 1.52. The molecule has 0 spiro atoms. The molecule has 0 amide bonds. The van der Waals surface area contributed by atoms with Crippen molar-refractivity contribution in [2.24, 2.45) is 10.9 Å². The topological polar surface area (TPSA) is 21.6 Å². The van der Waals surface area contributed by atoms with Crippen LogP contribution in [0.15, 0.2) is 40.9 Å². The first-order chi connectivity index (χ1) is 7.86. The lowest BCUT2D eigenvalue weighted by Crippen LogP contribution is -2.00. The first-order valence-electron chi connectivity index (χ1n) is 5.35. The third kappa shape index (κ3) is 4.65. The maximum atomic E-state index is 4.74. The van der Waals surface area contributed by atoms with Gasteiger partial charge in [-0.1, -0.05) is 24.3 Å². The predicted molar refractivity (Wildman–Crippen MR) is 68.3 cm³/mol. The molecule has 1 aliphatic carbocycles. The molecule has 0 saturated heterocycles. The third-order valence-electron chi connectivity index (χ3n) is 2.29. The van der Waals surface area contributed by atoms with Gasteiger partial charge in [-0.2, -0.15) is 0 Å². The van der Waals surface area contributed by atoms with Crippen LogP contribution in [0.5, 0.6) is 0 Å². The standard InChI is InChI=1S/C14H17NO/c1-15-10-4-3-6-13-7-5-8-14(12-13)9-11-16-2/h3-5,7-8,10,13H,6,12H2,1-2H3/b4-3-,15-10?. The number of nitrogens with zero attached hydrogens (tertiary/aromatic N) is 1. The SMILES string of the molecule is CN=C/C=C\CC1C=CC=C(C#COC)C1. The van der Waals surface area contributed by atoms with Gasteiger partial charge in [-0.15, -0.1) is 0 Å². The van der Waals surface area contributed by atoms with Crippen LogP contribution < -0.4 is 0 Å². The molecule has 0 fully saturated rings. The maximum Gasteiger partial charge on any atom is 0.114 e. The first-order valence-corrected chi connectivity index (χ1v) is 5.35. The van der Waals surface area contributed by atoms with E-state index >= 15 is 0 Å². The molecular weight excluding hydrogens is 198 g/mol. The number of rotatable bonds is 3. The van der Waals surface area contributed by atoms with Crippen molar-refractivity contribution in [1.82, 2.24) is 0 Å². The highest BCUT2D eigenvalue weighted by Gasteiger charge is 2.08. The molecule has 0 aromatic rings. The van der Waals surface area contributed by atoms with E-state index in [0.29, 0.717) is 5.92 Å². The van der Waals surface area contributed by atoms with E-state index in [1.807, 2.05) is 12.2 Å². The number of hydrogen-bond donors (Lipinski definition) is 0. The van der Waals surface area contributed by atoms with Crippen LogP contribution in [0.2, 0.25) is 0 Å². The van der Waals surface area contributed by atoms with Crippen molar-refractivity contribution in [2.75, 3.05) is 14.2 Å². The summed E-state index contributed by atoms with van der Waals surface area (Å²) in [5.74, 6) is 3.52. The minimum Gasteiger partial charge on any atom is -0.450 e. The van der Waals surface area contributed by atoms with Crippen molar-refractivity contribution in [3.05, 3.63) is 36.0 Å². The molecule has 0 saturated carbocycles. The lowest BCUT2D eigenvalue weighted by atomic mass is 9.92. The van der Waals surface area contributed by atoms with Crippen LogP contribution in [-0.2, 0) is 4.74 Å². The fraction of sp³-hybridized carbons (Fsp3) is 0.357. The van der Waals surface area contributed by atoms with E-state index in [1.165, 1.54) is 0 Å². The van der Waals surface area contributed by atoms with Crippen LogP contribution in [0.4, 0.5) is 0 Å². The van der Waals surface area contributed by atoms with Gasteiger partial charge >= 0.3 is 0 Å². The summed E-state index contributed by atoms with van der Waals surface area (Å²) < 4.78 is 4.74. The molecular formula is C14H17NO. The fourth-order valence-electron chi connectivity index (χ4n) is 1.52. The Morgan fingerprint density at radius 2 is 2.50 bits per heavy atom. The Labute approximate surface area is 97.4 Å². The van der Waals surface area contributed by atoms with Crippen molar-refractivity contribution in [1.29, 1.82) is 0 Å². The molecule has 1 rings (SSSR count). The molecule has 2 heteroatoms. The highest BCUT2D eigenvalue weighted by Crippen LogP contribution is 2.21. The highest BCUT2D eigenvalue weighted by molar-refractivity contribution is 5.70. The van der Waals surface area contributed by atoms with Gasteiger partial charge in [0.05, 0.1) is 7.11 Å². The Morgan fingerprint density at radius 3 is 3.25 bits per heavy atom. The van der Waals surface area contributed by atoms with Crippen molar-refractivity contribution < 1.29 is 4.74 Å². The summed E-state index contributed by atoms with van der Waals surface area (Å²) in [7, 11) is 3.35. The van der Waals surface area contributed by atoms with Gasteiger partial charge in [-0.25, -0.2) is 0 Å². The third-order valence-corrected chi connectivity index (χ3v) is 2.29. The van der Waals surface area contributed by atoms with Crippen LogP contribution in [0.3, 0.4) is 0 Å². The van der Waals surface area contributed by atoms with Gasteiger partial charge in [0, 0.05) is 18.8 Å². The quantitative estimate of drug-likeness (QED) is 0.524.